The number of aliphatic hydroxyl groups is 1. The molecule has 0 aromatic heterocycles. The Hall–Kier alpha value is -0.890. The lowest BCUT2D eigenvalue weighted by molar-refractivity contribution is -0.157. The summed E-state index contributed by atoms with van der Waals surface area (Å²) in [6.45, 7) is -0.371. The highest BCUT2D eigenvalue weighted by molar-refractivity contribution is 5.85. The summed E-state index contributed by atoms with van der Waals surface area (Å²) in [4.78, 5) is 21.1. The van der Waals surface area contributed by atoms with Crippen molar-refractivity contribution in [3.05, 3.63) is 0 Å². The van der Waals surface area contributed by atoms with Gasteiger partial charge in [-0.2, -0.15) is 0 Å². The van der Waals surface area contributed by atoms with Crippen LogP contribution < -0.4 is 11.5 Å². The molecule has 0 fully saturated rings. The molecule has 0 saturated carbocycles. The summed E-state index contributed by atoms with van der Waals surface area (Å²) in [7, 11) is 0. The maximum absolute atomic E-state index is 11.1. The van der Waals surface area contributed by atoms with Crippen molar-refractivity contribution in [3.8, 4) is 0 Å². The summed E-state index contributed by atoms with van der Waals surface area (Å²) >= 11 is 0. The molecule has 96 valence electrons. The van der Waals surface area contributed by atoms with E-state index in [-0.39, 0.29) is 18.8 Å². The van der Waals surface area contributed by atoms with Gasteiger partial charge in [0.25, 0.3) is 0 Å². The first-order chi connectivity index (χ1) is 6.99. The molecule has 16 heavy (non-hydrogen) atoms. The van der Waals surface area contributed by atoms with E-state index < -0.39 is 30.7 Å². The summed E-state index contributed by atoms with van der Waals surface area (Å²) in [6, 6.07) is -1.23. The molecule has 8 heteroatoms. The minimum absolute atomic E-state index is 0. The molecular formula is C8H17ClN2O5. The van der Waals surface area contributed by atoms with Gasteiger partial charge < -0.3 is 26.4 Å². The molecule has 6 N–H and O–H groups in total. The van der Waals surface area contributed by atoms with Gasteiger partial charge in [0.15, 0.2) is 6.61 Å². The quantitative estimate of drug-likeness (QED) is 0.405. The third-order valence-corrected chi connectivity index (χ3v) is 1.73. The number of rotatable bonds is 7. The van der Waals surface area contributed by atoms with E-state index in [9.17, 15) is 14.7 Å². The number of ether oxygens (including phenoxy) is 1. The van der Waals surface area contributed by atoms with Gasteiger partial charge in [-0.15, -0.1) is 12.4 Å². The van der Waals surface area contributed by atoms with Crippen molar-refractivity contribution in [2.24, 2.45) is 11.5 Å². The topological polar surface area (TPSA) is 136 Å². The minimum atomic E-state index is -1.27. The normalized spacial score (nSPS) is 13.4. The Bertz CT molecular complexity index is 226. The molecule has 0 aliphatic carbocycles. The van der Waals surface area contributed by atoms with E-state index in [0.29, 0.717) is 13.0 Å². The van der Waals surface area contributed by atoms with Crippen molar-refractivity contribution in [2.75, 3.05) is 13.2 Å². The highest BCUT2D eigenvalue weighted by Gasteiger charge is 2.24. The Kier molecular flexibility index (Phi) is 10.2. The molecule has 0 heterocycles. The fourth-order valence-corrected chi connectivity index (χ4v) is 0.893. The number of nitrogens with two attached hydrogens (primary N) is 2. The monoisotopic (exact) mass is 256 g/mol. The number of carbonyl (C=O) groups excluding carboxylic acids is 1. The highest BCUT2D eigenvalue weighted by atomic mass is 35.5. The van der Waals surface area contributed by atoms with Crippen LogP contribution in [0.1, 0.15) is 12.8 Å². The predicted molar refractivity (Wildman–Crippen MR) is 58.1 cm³/mol. The second-order valence-corrected chi connectivity index (χ2v) is 3.03. The van der Waals surface area contributed by atoms with Crippen LogP contribution in [0.2, 0.25) is 0 Å². The SMILES string of the molecule is Cl.NCCCC(O)C(N)C(=O)OCC(=O)O. The maximum Gasteiger partial charge on any atom is 0.341 e. The van der Waals surface area contributed by atoms with Crippen LogP contribution in [0.3, 0.4) is 0 Å². The van der Waals surface area contributed by atoms with Crippen LogP contribution in [0.15, 0.2) is 0 Å². The fraction of sp³-hybridized carbons (Fsp3) is 0.750. The number of aliphatic hydroxyl groups excluding tert-OH is 1. The molecule has 0 aromatic carbocycles. The number of esters is 1. The number of carboxylic acid groups (broad SMARTS) is 1. The molecule has 0 radical (unpaired) electrons. The largest absolute Gasteiger partial charge is 0.479 e. The Balaban J connectivity index is 0. The number of halogens is 1. The van der Waals surface area contributed by atoms with E-state index in [0.717, 1.165) is 0 Å². The second kappa shape index (κ2) is 9.34. The van der Waals surface area contributed by atoms with Gasteiger partial charge in [-0.05, 0) is 19.4 Å². The first-order valence-corrected chi connectivity index (χ1v) is 4.51. The average molecular weight is 257 g/mol. The summed E-state index contributed by atoms with van der Waals surface area (Å²) in [5.41, 5.74) is 10.5. The molecule has 2 atom stereocenters. The molecule has 0 rings (SSSR count). The lowest BCUT2D eigenvalue weighted by Crippen LogP contribution is -2.43. The first kappa shape index (κ1) is 17.5. The number of hydrogen-bond acceptors (Lipinski definition) is 6. The standard InChI is InChI=1S/C8H16N2O5.ClH/c9-3-1-2-5(11)7(10)8(14)15-4-6(12)13;/h5,7,11H,1-4,9-10H2,(H,12,13);1H. The summed E-state index contributed by atoms with van der Waals surface area (Å²) < 4.78 is 4.31. The van der Waals surface area contributed by atoms with Crippen LogP contribution in [0.5, 0.6) is 0 Å². The van der Waals surface area contributed by atoms with E-state index in [4.69, 9.17) is 16.6 Å². The highest BCUT2D eigenvalue weighted by Crippen LogP contribution is 2.01. The molecule has 0 aliphatic heterocycles. The van der Waals surface area contributed by atoms with E-state index in [1.54, 1.807) is 0 Å². The van der Waals surface area contributed by atoms with E-state index in [2.05, 4.69) is 4.74 Å². The second-order valence-electron chi connectivity index (χ2n) is 3.03. The molecule has 0 aliphatic rings. The molecule has 0 aromatic rings. The third kappa shape index (κ3) is 7.41. The van der Waals surface area contributed by atoms with Crippen molar-refractivity contribution < 1.29 is 24.5 Å². The zero-order valence-electron chi connectivity index (χ0n) is 8.67. The van der Waals surface area contributed by atoms with Crippen LogP contribution in [0.25, 0.3) is 0 Å². The number of carboxylic acids is 1. The van der Waals surface area contributed by atoms with Crippen LogP contribution in [-0.4, -0.2) is 47.4 Å². The Morgan fingerprint density at radius 1 is 1.38 bits per heavy atom. The van der Waals surface area contributed by atoms with Gasteiger partial charge in [-0.3, -0.25) is 4.79 Å². The van der Waals surface area contributed by atoms with E-state index in [1.165, 1.54) is 0 Å². The van der Waals surface area contributed by atoms with Crippen LogP contribution in [0.4, 0.5) is 0 Å². The van der Waals surface area contributed by atoms with Crippen molar-refractivity contribution in [1.29, 1.82) is 0 Å². The minimum Gasteiger partial charge on any atom is -0.479 e. The van der Waals surface area contributed by atoms with Crippen molar-refractivity contribution >= 4 is 24.3 Å². The average Bonchev–Trinajstić information content (AvgIpc) is 2.21. The van der Waals surface area contributed by atoms with Crippen molar-refractivity contribution in [2.45, 2.75) is 25.0 Å². The molecule has 0 amide bonds. The van der Waals surface area contributed by atoms with Gasteiger partial charge in [-0.25, -0.2) is 4.79 Å². The van der Waals surface area contributed by atoms with Gasteiger partial charge in [0.05, 0.1) is 6.10 Å². The van der Waals surface area contributed by atoms with Crippen molar-refractivity contribution in [1.82, 2.24) is 0 Å². The van der Waals surface area contributed by atoms with Gasteiger partial charge >= 0.3 is 11.9 Å². The number of carbonyl (C=O) groups is 2. The van der Waals surface area contributed by atoms with E-state index >= 15 is 0 Å². The maximum atomic E-state index is 11.1. The number of aliphatic carboxylic acids is 1. The zero-order chi connectivity index (χ0) is 11.8. The van der Waals surface area contributed by atoms with Gasteiger partial charge in [0, 0.05) is 0 Å². The Morgan fingerprint density at radius 2 is 1.94 bits per heavy atom. The van der Waals surface area contributed by atoms with Crippen LogP contribution in [0, 0.1) is 0 Å². The first-order valence-electron chi connectivity index (χ1n) is 4.51. The molecule has 0 saturated heterocycles. The number of hydrogen-bond donors (Lipinski definition) is 4. The summed E-state index contributed by atoms with van der Waals surface area (Å²) in [5.74, 6) is -2.20. The predicted octanol–water partition coefficient (Wildman–Crippen LogP) is -1.54. The van der Waals surface area contributed by atoms with Crippen LogP contribution in [-0.2, 0) is 14.3 Å². The van der Waals surface area contributed by atoms with Gasteiger partial charge in [0.2, 0.25) is 0 Å². The molecule has 0 bridgehead atoms. The van der Waals surface area contributed by atoms with Crippen LogP contribution >= 0.6 is 12.4 Å². The molecule has 2 unspecified atom stereocenters. The Labute approximate surface area is 99.2 Å². The summed E-state index contributed by atoms with van der Waals surface area (Å²) in [6.07, 6.45) is -0.254. The van der Waals surface area contributed by atoms with Gasteiger partial charge in [-0.1, -0.05) is 0 Å². The van der Waals surface area contributed by atoms with E-state index in [1.807, 2.05) is 0 Å². The summed E-state index contributed by atoms with van der Waals surface area (Å²) in [5, 5.41) is 17.6. The van der Waals surface area contributed by atoms with Crippen molar-refractivity contribution in [3.63, 3.8) is 0 Å². The third-order valence-electron chi connectivity index (χ3n) is 1.73. The van der Waals surface area contributed by atoms with Gasteiger partial charge in [0.1, 0.15) is 6.04 Å². The Morgan fingerprint density at radius 3 is 2.38 bits per heavy atom. The molecule has 7 nitrogen and oxygen atoms in total. The smallest absolute Gasteiger partial charge is 0.341 e. The zero-order valence-corrected chi connectivity index (χ0v) is 9.48. The fourth-order valence-electron chi connectivity index (χ4n) is 0.893. The lowest BCUT2D eigenvalue weighted by atomic mass is 10.1. The molecule has 0 spiro atoms. The lowest BCUT2D eigenvalue weighted by Gasteiger charge is -2.16. The molecular weight excluding hydrogens is 240 g/mol.